The van der Waals surface area contributed by atoms with Gasteiger partial charge in [0.2, 0.25) is 0 Å². The maximum atomic E-state index is 5.68. The zero-order chi connectivity index (χ0) is 14.6. The first-order valence-corrected chi connectivity index (χ1v) is 10.5. The highest BCUT2D eigenvalue weighted by molar-refractivity contribution is 8.02. The normalized spacial score (nSPS) is 32.0. The minimum absolute atomic E-state index is 0.406. The van der Waals surface area contributed by atoms with Crippen molar-refractivity contribution >= 4 is 23.5 Å². The molecule has 124 valence electrons. The van der Waals surface area contributed by atoms with Gasteiger partial charge in [-0.15, -0.1) is 0 Å². The molecule has 6 heteroatoms. The lowest BCUT2D eigenvalue weighted by molar-refractivity contribution is 0.0453. The van der Waals surface area contributed by atoms with Gasteiger partial charge >= 0.3 is 0 Å². The van der Waals surface area contributed by atoms with Gasteiger partial charge in [0, 0.05) is 49.0 Å². The topological polar surface area (TPSA) is 52.4 Å². The van der Waals surface area contributed by atoms with E-state index in [1.807, 2.05) is 0 Å². The molecule has 2 rings (SSSR count). The maximum absolute atomic E-state index is 5.68. The first kappa shape index (κ1) is 17.9. The molecule has 0 bridgehead atoms. The maximum Gasteiger partial charge on any atom is 0.0701 e. The van der Waals surface area contributed by atoms with E-state index in [2.05, 4.69) is 34.2 Å². The average molecular weight is 335 g/mol. The van der Waals surface area contributed by atoms with Crippen LogP contribution in [0.25, 0.3) is 0 Å². The lowest BCUT2D eigenvalue weighted by Gasteiger charge is -2.13. The minimum atomic E-state index is 0.406. The van der Waals surface area contributed by atoms with Gasteiger partial charge in [-0.3, -0.25) is 0 Å². The minimum Gasteiger partial charge on any atom is -0.379 e. The molecule has 2 aliphatic heterocycles. The molecular weight excluding hydrogens is 304 g/mol. The monoisotopic (exact) mass is 334 g/mol. The molecule has 0 aromatic rings. The lowest BCUT2D eigenvalue weighted by Crippen LogP contribution is -2.23. The highest BCUT2D eigenvalue weighted by atomic mass is 32.2. The van der Waals surface area contributed by atoms with E-state index in [0.717, 1.165) is 39.3 Å². The third-order valence-corrected chi connectivity index (χ3v) is 6.25. The molecule has 2 fully saturated rings. The molecule has 0 amide bonds. The molecule has 2 heterocycles. The van der Waals surface area contributed by atoms with E-state index >= 15 is 0 Å². The molecule has 1 unspecified atom stereocenters. The van der Waals surface area contributed by atoms with Crippen molar-refractivity contribution in [3.8, 4) is 0 Å². The number of nitrogens with one attached hydrogen (secondary N) is 2. The molecule has 1 spiro atoms. The molecule has 21 heavy (non-hydrogen) atoms. The smallest absolute Gasteiger partial charge is 0.0701 e. The van der Waals surface area contributed by atoms with Crippen LogP contribution in [0.1, 0.15) is 19.3 Å². The summed E-state index contributed by atoms with van der Waals surface area (Å²) in [5.74, 6) is 5.07. The standard InChI is InChI=1S/C15H30N2O2S2/c1-2-15(14-17-15)3-6-18-8-9-19-7-4-16-5-11-21-13-12-20-10-1/h16-17H,1-14H2. The van der Waals surface area contributed by atoms with Crippen LogP contribution >= 0.6 is 23.5 Å². The Morgan fingerprint density at radius 3 is 2.33 bits per heavy atom. The molecule has 2 N–H and O–H groups in total. The largest absolute Gasteiger partial charge is 0.379 e. The predicted octanol–water partition coefficient (Wildman–Crippen LogP) is 1.60. The third kappa shape index (κ3) is 8.67. The Kier molecular flexibility index (Phi) is 9.48. The Labute approximate surface area is 137 Å². The van der Waals surface area contributed by atoms with Crippen molar-refractivity contribution in [3.63, 3.8) is 0 Å². The quantitative estimate of drug-likeness (QED) is 0.656. The van der Waals surface area contributed by atoms with E-state index in [-0.39, 0.29) is 0 Å². The molecular formula is C15H30N2O2S2. The summed E-state index contributed by atoms with van der Waals surface area (Å²) in [6.45, 7) is 6.30. The van der Waals surface area contributed by atoms with Crippen LogP contribution in [-0.2, 0) is 9.47 Å². The van der Waals surface area contributed by atoms with Crippen molar-refractivity contribution in [1.82, 2.24) is 10.6 Å². The Morgan fingerprint density at radius 1 is 0.762 bits per heavy atom. The van der Waals surface area contributed by atoms with Crippen molar-refractivity contribution in [2.75, 3.05) is 69.1 Å². The van der Waals surface area contributed by atoms with E-state index in [1.54, 1.807) is 0 Å². The van der Waals surface area contributed by atoms with Gasteiger partial charge in [-0.05, 0) is 25.0 Å². The summed E-state index contributed by atoms with van der Waals surface area (Å²) in [6.07, 6.45) is 3.78. The van der Waals surface area contributed by atoms with E-state index < -0.39 is 0 Å². The molecule has 0 aromatic carbocycles. The van der Waals surface area contributed by atoms with Gasteiger partial charge in [-0.2, -0.15) is 23.5 Å². The van der Waals surface area contributed by atoms with E-state index in [4.69, 9.17) is 9.47 Å². The second-order valence-corrected chi connectivity index (χ2v) is 8.14. The fourth-order valence-corrected chi connectivity index (χ4v) is 4.43. The average Bonchev–Trinajstić information content (AvgIpc) is 3.25. The van der Waals surface area contributed by atoms with Gasteiger partial charge in [-0.1, -0.05) is 0 Å². The number of hydrogen-bond donors (Lipinski definition) is 2. The van der Waals surface area contributed by atoms with Crippen LogP contribution < -0.4 is 10.6 Å². The molecule has 4 nitrogen and oxygen atoms in total. The SMILES string of the molecule is C1CSCCSCCNCCOCCOCCC2(C1)CN2. The molecule has 0 aliphatic carbocycles. The van der Waals surface area contributed by atoms with Crippen LogP contribution in [0.15, 0.2) is 0 Å². The Morgan fingerprint density at radius 2 is 1.52 bits per heavy atom. The van der Waals surface area contributed by atoms with Gasteiger partial charge < -0.3 is 20.1 Å². The van der Waals surface area contributed by atoms with Crippen LogP contribution in [0.4, 0.5) is 0 Å². The summed E-state index contributed by atoms with van der Waals surface area (Å²) in [5, 5.41) is 6.96. The highest BCUT2D eigenvalue weighted by Gasteiger charge is 2.40. The zero-order valence-corrected chi connectivity index (χ0v) is 14.7. The van der Waals surface area contributed by atoms with Gasteiger partial charge in [0.15, 0.2) is 0 Å². The summed E-state index contributed by atoms with van der Waals surface area (Å²) in [6, 6.07) is 0. The van der Waals surface area contributed by atoms with Gasteiger partial charge in [0.1, 0.15) is 0 Å². The Bertz CT molecular complexity index is 244. The van der Waals surface area contributed by atoms with Crippen molar-refractivity contribution in [2.45, 2.75) is 24.8 Å². The van der Waals surface area contributed by atoms with Crippen LogP contribution in [0.2, 0.25) is 0 Å². The summed E-state index contributed by atoms with van der Waals surface area (Å²) >= 11 is 4.16. The highest BCUT2D eigenvalue weighted by Crippen LogP contribution is 2.28. The van der Waals surface area contributed by atoms with Crippen LogP contribution in [0, 0.1) is 0 Å². The number of thioether (sulfide) groups is 2. The number of rotatable bonds is 0. The van der Waals surface area contributed by atoms with E-state index in [9.17, 15) is 0 Å². The fraction of sp³-hybridized carbons (Fsp3) is 1.00. The molecule has 0 radical (unpaired) electrons. The summed E-state index contributed by atoms with van der Waals surface area (Å²) in [4.78, 5) is 0. The van der Waals surface area contributed by atoms with Crippen molar-refractivity contribution < 1.29 is 9.47 Å². The predicted molar refractivity (Wildman–Crippen MR) is 93.7 cm³/mol. The number of hydrogen-bond acceptors (Lipinski definition) is 6. The van der Waals surface area contributed by atoms with Crippen molar-refractivity contribution in [2.24, 2.45) is 0 Å². The van der Waals surface area contributed by atoms with Crippen LogP contribution in [0.3, 0.4) is 0 Å². The Balaban J connectivity index is 1.59. The summed E-state index contributed by atoms with van der Waals surface area (Å²) in [5.41, 5.74) is 0.406. The third-order valence-electron chi connectivity index (χ3n) is 3.94. The second kappa shape index (κ2) is 11.1. The molecule has 0 aromatic heterocycles. The van der Waals surface area contributed by atoms with Crippen LogP contribution in [-0.4, -0.2) is 74.6 Å². The molecule has 2 saturated heterocycles. The lowest BCUT2D eigenvalue weighted by atomic mass is 10.0. The number of ether oxygens (including phenoxy) is 2. The zero-order valence-electron chi connectivity index (χ0n) is 13.0. The van der Waals surface area contributed by atoms with Gasteiger partial charge in [0.05, 0.1) is 19.8 Å². The molecule has 1 atom stereocenters. The summed E-state index contributed by atoms with van der Waals surface area (Å²) in [7, 11) is 0. The fourth-order valence-electron chi connectivity index (χ4n) is 2.44. The van der Waals surface area contributed by atoms with E-state index in [0.29, 0.717) is 12.1 Å². The molecule has 2 aliphatic rings. The van der Waals surface area contributed by atoms with E-state index in [1.165, 1.54) is 42.4 Å². The first-order valence-electron chi connectivity index (χ1n) is 8.18. The van der Waals surface area contributed by atoms with Crippen molar-refractivity contribution in [1.29, 1.82) is 0 Å². The van der Waals surface area contributed by atoms with Crippen molar-refractivity contribution in [3.05, 3.63) is 0 Å². The second-order valence-electron chi connectivity index (χ2n) is 5.69. The Hall–Kier alpha value is 0.540. The molecule has 0 saturated carbocycles. The van der Waals surface area contributed by atoms with Gasteiger partial charge in [0.25, 0.3) is 0 Å². The van der Waals surface area contributed by atoms with Crippen LogP contribution in [0.5, 0.6) is 0 Å². The van der Waals surface area contributed by atoms with Gasteiger partial charge in [-0.25, -0.2) is 0 Å². The first-order chi connectivity index (χ1) is 10.4. The summed E-state index contributed by atoms with van der Waals surface area (Å²) < 4.78 is 11.2.